The molecule has 224 valence electrons. The number of carbonyl (C=O) groups is 3. The average molecular weight is 598 g/mol. The molecular weight excluding hydrogens is 572 g/mol. The summed E-state index contributed by atoms with van der Waals surface area (Å²) in [5.74, 6) is -2.02. The Kier molecular flexibility index (Phi) is 10.3. The fourth-order valence-electron chi connectivity index (χ4n) is 3.76. The summed E-state index contributed by atoms with van der Waals surface area (Å²) >= 11 is 0. The molecule has 0 heterocycles. The standard InChI is InChI=1S/C27H25F6N5O4/c28-26(29,30)19-9-15(10-20(11-19)27(31,32)33)13-35-14-23(39)36-21-7-5-17(6-8-21)16-1-3-18(4-2-16)24(40)37-22(12-34)25(41)38-42/h1-11,22,35,42H,12-14,34H2,(H,36,39)(H,37,40)(H,38,41)/t22-/m0/s1. The maximum absolute atomic E-state index is 13.0. The predicted molar refractivity (Wildman–Crippen MR) is 139 cm³/mol. The fourth-order valence-corrected chi connectivity index (χ4v) is 3.76. The maximum atomic E-state index is 13.0. The third-order valence-electron chi connectivity index (χ3n) is 5.88. The Hall–Kier alpha value is -4.47. The monoisotopic (exact) mass is 597 g/mol. The molecule has 3 rings (SSSR count). The molecule has 3 aromatic carbocycles. The lowest BCUT2D eigenvalue weighted by Gasteiger charge is -2.15. The quantitative estimate of drug-likeness (QED) is 0.120. The van der Waals surface area contributed by atoms with Gasteiger partial charge in [0.1, 0.15) is 6.04 Å². The second-order valence-electron chi connectivity index (χ2n) is 8.96. The van der Waals surface area contributed by atoms with Crippen LogP contribution in [0.1, 0.15) is 27.0 Å². The summed E-state index contributed by atoms with van der Waals surface area (Å²) in [7, 11) is 0. The molecule has 9 nitrogen and oxygen atoms in total. The number of amides is 3. The van der Waals surface area contributed by atoms with Crippen LogP contribution in [0.25, 0.3) is 11.1 Å². The molecule has 0 aliphatic heterocycles. The molecule has 0 spiro atoms. The Morgan fingerprint density at radius 3 is 1.81 bits per heavy atom. The number of nitrogens with two attached hydrogens (primary N) is 1. The zero-order valence-corrected chi connectivity index (χ0v) is 21.6. The van der Waals surface area contributed by atoms with Gasteiger partial charge in [-0.1, -0.05) is 24.3 Å². The molecule has 42 heavy (non-hydrogen) atoms. The molecular formula is C27H25F6N5O4. The number of nitrogens with one attached hydrogen (secondary N) is 4. The topological polar surface area (TPSA) is 146 Å². The molecule has 0 radical (unpaired) electrons. The van der Waals surface area contributed by atoms with E-state index in [4.69, 9.17) is 10.9 Å². The minimum Gasteiger partial charge on any atom is -0.339 e. The summed E-state index contributed by atoms with van der Waals surface area (Å²) in [6.07, 6.45) is -9.94. The van der Waals surface area contributed by atoms with Crippen molar-refractivity contribution in [2.45, 2.75) is 24.9 Å². The van der Waals surface area contributed by atoms with E-state index in [0.29, 0.717) is 23.4 Å². The van der Waals surface area contributed by atoms with Gasteiger partial charge < -0.3 is 21.7 Å². The zero-order chi connectivity index (χ0) is 31.1. The third-order valence-corrected chi connectivity index (χ3v) is 5.88. The first-order chi connectivity index (χ1) is 19.7. The largest absolute Gasteiger partial charge is 0.416 e. The smallest absolute Gasteiger partial charge is 0.339 e. The van der Waals surface area contributed by atoms with Crippen molar-refractivity contribution in [3.05, 3.63) is 89.0 Å². The molecule has 0 saturated carbocycles. The number of carbonyl (C=O) groups excluding carboxylic acids is 3. The first kappa shape index (κ1) is 32.0. The lowest BCUT2D eigenvalue weighted by Crippen LogP contribution is -2.50. The van der Waals surface area contributed by atoms with Crippen LogP contribution in [0.4, 0.5) is 32.0 Å². The van der Waals surface area contributed by atoms with E-state index in [1.165, 1.54) is 17.6 Å². The van der Waals surface area contributed by atoms with Crippen LogP contribution >= 0.6 is 0 Å². The normalized spacial score (nSPS) is 12.4. The summed E-state index contributed by atoms with van der Waals surface area (Å²) in [5.41, 5.74) is 5.73. The average Bonchev–Trinajstić information content (AvgIpc) is 2.94. The molecule has 7 N–H and O–H groups in total. The van der Waals surface area contributed by atoms with Crippen LogP contribution < -0.4 is 27.2 Å². The minimum atomic E-state index is -4.97. The van der Waals surface area contributed by atoms with E-state index < -0.39 is 53.8 Å². The number of alkyl halides is 6. The van der Waals surface area contributed by atoms with Gasteiger partial charge >= 0.3 is 12.4 Å². The Morgan fingerprint density at radius 1 is 0.810 bits per heavy atom. The third kappa shape index (κ3) is 8.76. The van der Waals surface area contributed by atoms with Gasteiger partial charge in [-0.25, -0.2) is 5.48 Å². The van der Waals surface area contributed by atoms with Crippen molar-refractivity contribution in [2.75, 3.05) is 18.4 Å². The molecule has 0 aliphatic rings. The highest BCUT2D eigenvalue weighted by Crippen LogP contribution is 2.36. The first-order valence-electron chi connectivity index (χ1n) is 12.2. The summed E-state index contributed by atoms with van der Waals surface area (Å²) in [6, 6.07) is 12.9. The molecule has 0 bridgehead atoms. The van der Waals surface area contributed by atoms with Crippen LogP contribution in [0.15, 0.2) is 66.7 Å². The summed E-state index contributed by atoms with van der Waals surface area (Å²) in [6.45, 7) is -1.02. The summed E-state index contributed by atoms with van der Waals surface area (Å²) in [4.78, 5) is 36.1. The van der Waals surface area contributed by atoms with Gasteiger partial charge in [-0.05, 0) is 59.2 Å². The van der Waals surface area contributed by atoms with Crippen molar-refractivity contribution < 1.29 is 45.9 Å². The number of halogens is 6. The highest BCUT2D eigenvalue weighted by atomic mass is 19.4. The van der Waals surface area contributed by atoms with Crippen molar-refractivity contribution in [3.8, 4) is 11.1 Å². The Morgan fingerprint density at radius 2 is 1.33 bits per heavy atom. The minimum absolute atomic E-state index is 0.0322. The van der Waals surface area contributed by atoms with Gasteiger partial charge in [0.2, 0.25) is 5.91 Å². The van der Waals surface area contributed by atoms with E-state index in [0.717, 1.165) is 5.56 Å². The number of hydrogen-bond donors (Lipinski definition) is 6. The van der Waals surface area contributed by atoms with E-state index in [1.807, 2.05) is 0 Å². The van der Waals surface area contributed by atoms with Crippen LogP contribution in [0.5, 0.6) is 0 Å². The highest BCUT2D eigenvalue weighted by molar-refractivity contribution is 5.98. The number of rotatable bonds is 10. The van der Waals surface area contributed by atoms with Crippen molar-refractivity contribution in [2.24, 2.45) is 5.73 Å². The van der Waals surface area contributed by atoms with Gasteiger partial charge in [0.25, 0.3) is 11.8 Å². The van der Waals surface area contributed by atoms with Gasteiger partial charge in [0.05, 0.1) is 17.7 Å². The number of benzene rings is 3. The molecule has 0 unspecified atom stereocenters. The predicted octanol–water partition coefficient (Wildman–Crippen LogP) is 3.68. The Labute approximate surface area is 235 Å². The van der Waals surface area contributed by atoms with Gasteiger partial charge in [0.15, 0.2) is 0 Å². The van der Waals surface area contributed by atoms with Crippen LogP contribution in [-0.4, -0.2) is 42.1 Å². The second kappa shape index (κ2) is 13.5. The van der Waals surface area contributed by atoms with Crippen LogP contribution in [0.3, 0.4) is 0 Å². The van der Waals surface area contributed by atoms with E-state index >= 15 is 0 Å². The SMILES string of the molecule is NC[C@H](NC(=O)c1ccc(-c2ccc(NC(=O)CNCc3cc(C(F)(F)F)cc(C(F)(F)F)c3)cc2)cc1)C(=O)NO. The maximum Gasteiger partial charge on any atom is 0.416 e. The van der Waals surface area contributed by atoms with Crippen molar-refractivity contribution in [3.63, 3.8) is 0 Å². The molecule has 3 amide bonds. The Balaban J connectivity index is 1.56. The van der Waals surface area contributed by atoms with E-state index in [1.54, 1.807) is 36.4 Å². The highest BCUT2D eigenvalue weighted by Gasteiger charge is 2.36. The summed E-state index contributed by atoms with van der Waals surface area (Å²) in [5, 5.41) is 16.2. The molecule has 0 fully saturated rings. The molecule has 0 aromatic heterocycles. The van der Waals surface area contributed by atoms with Crippen molar-refractivity contribution in [1.82, 2.24) is 16.1 Å². The fraction of sp³-hybridized carbons (Fsp3) is 0.222. The van der Waals surface area contributed by atoms with Gasteiger partial charge in [-0.3, -0.25) is 19.6 Å². The van der Waals surface area contributed by atoms with E-state index in [2.05, 4.69) is 16.0 Å². The molecule has 0 saturated heterocycles. The lowest BCUT2D eigenvalue weighted by molar-refractivity contribution is -0.143. The van der Waals surface area contributed by atoms with Crippen molar-refractivity contribution in [1.29, 1.82) is 0 Å². The summed E-state index contributed by atoms with van der Waals surface area (Å²) < 4.78 is 78.1. The molecule has 3 aromatic rings. The number of hydroxylamine groups is 1. The molecule has 1 atom stereocenters. The number of anilines is 1. The first-order valence-corrected chi connectivity index (χ1v) is 12.2. The molecule has 0 aliphatic carbocycles. The van der Waals surface area contributed by atoms with Gasteiger partial charge in [-0.15, -0.1) is 0 Å². The van der Waals surface area contributed by atoms with Crippen LogP contribution in [0, 0.1) is 0 Å². The Bertz CT molecular complexity index is 1380. The van der Waals surface area contributed by atoms with Crippen LogP contribution in [0.2, 0.25) is 0 Å². The second-order valence-corrected chi connectivity index (χ2v) is 8.96. The lowest BCUT2D eigenvalue weighted by atomic mass is 10.0. The van der Waals surface area contributed by atoms with Gasteiger partial charge in [-0.2, -0.15) is 26.3 Å². The van der Waals surface area contributed by atoms with E-state index in [-0.39, 0.29) is 30.3 Å². The van der Waals surface area contributed by atoms with Crippen LogP contribution in [-0.2, 0) is 28.5 Å². The van der Waals surface area contributed by atoms with E-state index in [9.17, 15) is 40.7 Å². The number of hydrogen-bond acceptors (Lipinski definition) is 6. The van der Waals surface area contributed by atoms with Gasteiger partial charge in [0, 0.05) is 24.3 Å². The van der Waals surface area contributed by atoms with Crippen molar-refractivity contribution >= 4 is 23.4 Å². The zero-order valence-electron chi connectivity index (χ0n) is 21.6. The molecule has 15 heteroatoms.